The van der Waals surface area contributed by atoms with E-state index in [1.54, 1.807) is 0 Å². The Bertz CT molecular complexity index is 706. The molecule has 9 heteroatoms. The van der Waals surface area contributed by atoms with Crippen molar-refractivity contribution in [3.8, 4) is 0 Å². The summed E-state index contributed by atoms with van der Waals surface area (Å²) in [5, 5.41) is 16.3. The lowest BCUT2D eigenvalue weighted by Crippen LogP contribution is -2.57. The Labute approximate surface area is 177 Å². The van der Waals surface area contributed by atoms with Crippen LogP contribution in [-0.2, 0) is 14.4 Å². The van der Waals surface area contributed by atoms with Crippen LogP contribution in [0.15, 0.2) is 0 Å². The molecular formula is C21H34N4O5. The summed E-state index contributed by atoms with van der Waals surface area (Å²) in [5.41, 5.74) is -2.75. The van der Waals surface area contributed by atoms with Crippen molar-refractivity contribution in [3.05, 3.63) is 0 Å². The standard InChI is InChI=1S/C21H34N4O5/c1-14(2)12-16(26)24-10-6-15(7-11-24)22-17(27)20(3,30)13-25-18(28)21(23-19(25)29)8-4-5-9-21/h14-15,30H,4-13H2,1-3H3,(H,22,27)(H,23,29). The van der Waals surface area contributed by atoms with Crippen LogP contribution in [0.5, 0.6) is 0 Å². The molecule has 3 aliphatic rings. The second-order valence-corrected chi connectivity index (χ2v) is 9.61. The van der Waals surface area contributed by atoms with Gasteiger partial charge in [0.15, 0.2) is 5.60 Å². The summed E-state index contributed by atoms with van der Waals surface area (Å²) in [6.07, 6.45) is 4.66. The summed E-state index contributed by atoms with van der Waals surface area (Å²) in [5.74, 6) is -0.530. The van der Waals surface area contributed by atoms with Gasteiger partial charge in [-0.3, -0.25) is 19.3 Å². The van der Waals surface area contributed by atoms with Crippen molar-refractivity contribution in [3.63, 3.8) is 0 Å². The second-order valence-electron chi connectivity index (χ2n) is 9.61. The fraction of sp³-hybridized carbons (Fsp3) is 0.810. The van der Waals surface area contributed by atoms with E-state index in [-0.39, 0.29) is 24.4 Å². The first kappa shape index (κ1) is 22.5. The molecule has 5 amide bonds. The maximum absolute atomic E-state index is 12.8. The molecule has 1 spiro atoms. The zero-order valence-corrected chi connectivity index (χ0v) is 18.2. The summed E-state index contributed by atoms with van der Waals surface area (Å²) in [7, 11) is 0. The lowest BCUT2D eigenvalue weighted by atomic mass is 9.97. The van der Waals surface area contributed by atoms with Gasteiger partial charge in [-0.25, -0.2) is 4.79 Å². The van der Waals surface area contributed by atoms with Crippen LogP contribution in [0, 0.1) is 5.92 Å². The molecule has 0 aromatic heterocycles. The minimum atomic E-state index is -1.89. The highest BCUT2D eigenvalue weighted by atomic mass is 16.3. The van der Waals surface area contributed by atoms with Gasteiger partial charge in [0.25, 0.3) is 11.8 Å². The number of amides is 5. The van der Waals surface area contributed by atoms with E-state index in [0.717, 1.165) is 17.7 Å². The third-order valence-electron chi connectivity index (χ3n) is 6.42. The number of rotatable bonds is 6. The highest BCUT2D eigenvalue weighted by Gasteiger charge is 2.54. The number of hydrogen-bond donors (Lipinski definition) is 3. The molecule has 0 radical (unpaired) electrons. The van der Waals surface area contributed by atoms with Crippen LogP contribution in [0.2, 0.25) is 0 Å². The molecular weight excluding hydrogens is 388 g/mol. The highest BCUT2D eigenvalue weighted by Crippen LogP contribution is 2.35. The lowest BCUT2D eigenvalue weighted by molar-refractivity contribution is -0.143. The normalized spacial score (nSPS) is 23.8. The fourth-order valence-corrected chi connectivity index (χ4v) is 4.61. The molecule has 9 nitrogen and oxygen atoms in total. The van der Waals surface area contributed by atoms with Crippen LogP contribution >= 0.6 is 0 Å². The Hall–Kier alpha value is -2.16. The Morgan fingerprint density at radius 2 is 1.83 bits per heavy atom. The number of carbonyl (C=O) groups excluding carboxylic acids is 4. The predicted molar refractivity (Wildman–Crippen MR) is 109 cm³/mol. The maximum atomic E-state index is 12.8. The van der Waals surface area contributed by atoms with Crippen LogP contribution in [-0.4, -0.2) is 75.5 Å². The smallest absolute Gasteiger partial charge is 0.325 e. The monoisotopic (exact) mass is 422 g/mol. The highest BCUT2D eigenvalue weighted by molar-refractivity contribution is 6.07. The van der Waals surface area contributed by atoms with Crippen molar-refractivity contribution in [2.24, 2.45) is 5.92 Å². The SMILES string of the molecule is CC(C)CC(=O)N1CCC(NC(=O)C(C)(O)CN2C(=O)NC3(CCCC3)C2=O)CC1. The van der Waals surface area contributed by atoms with E-state index < -0.39 is 23.1 Å². The third-order valence-corrected chi connectivity index (χ3v) is 6.42. The van der Waals surface area contributed by atoms with Crippen molar-refractivity contribution in [1.82, 2.24) is 20.4 Å². The first-order valence-corrected chi connectivity index (χ1v) is 11.0. The number of hydrogen-bond acceptors (Lipinski definition) is 5. The first-order chi connectivity index (χ1) is 14.0. The van der Waals surface area contributed by atoms with Gasteiger partial charge in [0.1, 0.15) is 5.54 Å². The van der Waals surface area contributed by atoms with Crippen molar-refractivity contribution >= 4 is 23.8 Å². The molecule has 1 aliphatic carbocycles. The van der Waals surface area contributed by atoms with E-state index in [4.69, 9.17) is 0 Å². The van der Waals surface area contributed by atoms with Gasteiger partial charge >= 0.3 is 6.03 Å². The van der Waals surface area contributed by atoms with Crippen molar-refractivity contribution in [1.29, 1.82) is 0 Å². The molecule has 3 N–H and O–H groups in total. The molecule has 30 heavy (non-hydrogen) atoms. The van der Waals surface area contributed by atoms with E-state index in [1.807, 2.05) is 18.7 Å². The molecule has 2 saturated heterocycles. The maximum Gasteiger partial charge on any atom is 0.325 e. The summed E-state index contributed by atoms with van der Waals surface area (Å²) >= 11 is 0. The van der Waals surface area contributed by atoms with Crippen LogP contribution in [0.1, 0.15) is 65.7 Å². The molecule has 1 saturated carbocycles. The molecule has 168 valence electrons. The quantitative estimate of drug-likeness (QED) is 0.546. The van der Waals surface area contributed by atoms with Gasteiger partial charge in [-0.2, -0.15) is 0 Å². The van der Waals surface area contributed by atoms with Gasteiger partial charge < -0.3 is 20.6 Å². The predicted octanol–water partition coefficient (Wildman–Crippen LogP) is 0.755. The van der Waals surface area contributed by atoms with Crippen molar-refractivity contribution in [2.45, 2.75) is 82.9 Å². The minimum absolute atomic E-state index is 0.126. The van der Waals surface area contributed by atoms with E-state index in [2.05, 4.69) is 10.6 Å². The van der Waals surface area contributed by atoms with Gasteiger partial charge in [-0.1, -0.05) is 26.7 Å². The number of carbonyl (C=O) groups is 4. The number of nitrogens with one attached hydrogen (secondary N) is 2. The number of aliphatic hydroxyl groups is 1. The number of urea groups is 1. The Balaban J connectivity index is 1.52. The van der Waals surface area contributed by atoms with Gasteiger partial charge in [0.05, 0.1) is 6.54 Å². The Morgan fingerprint density at radius 1 is 1.23 bits per heavy atom. The van der Waals surface area contributed by atoms with Crippen molar-refractivity contribution in [2.75, 3.05) is 19.6 Å². The first-order valence-electron chi connectivity index (χ1n) is 11.0. The number of nitrogens with zero attached hydrogens (tertiary/aromatic N) is 2. The van der Waals surface area contributed by atoms with Crippen molar-refractivity contribution < 1.29 is 24.3 Å². The number of imide groups is 1. The Kier molecular flexibility index (Phi) is 6.40. The molecule has 2 aliphatic heterocycles. The summed E-state index contributed by atoms with van der Waals surface area (Å²) in [6.45, 7) is 6.09. The van der Waals surface area contributed by atoms with Gasteiger partial charge in [-0.05, 0) is 38.5 Å². The number of piperidine rings is 1. The fourth-order valence-electron chi connectivity index (χ4n) is 4.61. The molecule has 0 aromatic carbocycles. The molecule has 0 aromatic rings. The van der Waals surface area contributed by atoms with E-state index in [9.17, 15) is 24.3 Å². The number of likely N-dealkylation sites (tertiary alicyclic amines) is 1. The topological polar surface area (TPSA) is 119 Å². The second kappa shape index (κ2) is 8.53. The summed E-state index contributed by atoms with van der Waals surface area (Å²) in [4.78, 5) is 52.8. The van der Waals surface area contributed by atoms with E-state index in [0.29, 0.717) is 51.1 Å². The van der Waals surface area contributed by atoms with Crippen LogP contribution in [0.25, 0.3) is 0 Å². The largest absolute Gasteiger partial charge is 0.378 e. The van der Waals surface area contributed by atoms with Gasteiger partial charge in [-0.15, -0.1) is 0 Å². The average molecular weight is 423 g/mol. The number of β-amino-alcohol motifs (C(OH)–C–C–N with tert-alkyl or cyclic N) is 1. The zero-order chi connectivity index (χ0) is 22.1. The van der Waals surface area contributed by atoms with Crippen LogP contribution < -0.4 is 10.6 Å². The third kappa shape index (κ3) is 4.61. The van der Waals surface area contributed by atoms with E-state index in [1.165, 1.54) is 6.92 Å². The molecule has 0 bridgehead atoms. The average Bonchev–Trinajstić information content (AvgIpc) is 3.22. The molecule has 1 unspecified atom stereocenters. The van der Waals surface area contributed by atoms with Gasteiger partial charge in [0.2, 0.25) is 5.91 Å². The summed E-state index contributed by atoms with van der Waals surface area (Å²) in [6, 6.07) is -0.705. The summed E-state index contributed by atoms with van der Waals surface area (Å²) < 4.78 is 0. The minimum Gasteiger partial charge on any atom is -0.378 e. The Morgan fingerprint density at radius 3 is 2.40 bits per heavy atom. The molecule has 2 heterocycles. The molecule has 1 atom stereocenters. The van der Waals surface area contributed by atoms with Crippen LogP contribution in [0.3, 0.4) is 0 Å². The lowest BCUT2D eigenvalue weighted by Gasteiger charge is -2.35. The zero-order valence-electron chi connectivity index (χ0n) is 18.2. The van der Waals surface area contributed by atoms with Gasteiger partial charge in [0, 0.05) is 25.6 Å². The molecule has 3 fully saturated rings. The molecule has 3 rings (SSSR count). The van der Waals surface area contributed by atoms with E-state index >= 15 is 0 Å². The van der Waals surface area contributed by atoms with Crippen LogP contribution in [0.4, 0.5) is 4.79 Å².